The van der Waals surface area contributed by atoms with Gasteiger partial charge in [0, 0.05) is 38.3 Å². The molecule has 0 radical (unpaired) electrons. The van der Waals surface area contributed by atoms with E-state index in [0.717, 1.165) is 31.7 Å². The predicted octanol–water partition coefficient (Wildman–Crippen LogP) is 3.00. The summed E-state index contributed by atoms with van der Waals surface area (Å²) in [6.07, 6.45) is 1.55. The topological polar surface area (TPSA) is 113 Å². The van der Waals surface area contributed by atoms with Crippen LogP contribution in [0.15, 0.2) is 47.1 Å². The van der Waals surface area contributed by atoms with E-state index in [4.69, 9.17) is 4.42 Å². The van der Waals surface area contributed by atoms with Gasteiger partial charge in [-0.05, 0) is 24.7 Å². The van der Waals surface area contributed by atoms with Crippen LogP contribution in [0.2, 0.25) is 0 Å². The first kappa shape index (κ1) is 19.7. The average Bonchev–Trinajstić information content (AvgIpc) is 3.49. The van der Waals surface area contributed by atoms with Crippen molar-refractivity contribution in [3.8, 4) is 17.5 Å². The molecule has 5 rings (SSSR count). The van der Waals surface area contributed by atoms with Crippen LogP contribution in [0.25, 0.3) is 16.5 Å². The number of hydrogen-bond acceptors (Lipinski definition) is 9. The van der Waals surface area contributed by atoms with E-state index in [-0.39, 0.29) is 17.6 Å². The lowest BCUT2D eigenvalue weighted by molar-refractivity contribution is -0.384. The molecule has 0 spiro atoms. The number of benzene rings is 1. The first-order valence-electron chi connectivity index (χ1n) is 9.80. The Morgan fingerprint density at radius 2 is 1.94 bits per heavy atom. The summed E-state index contributed by atoms with van der Waals surface area (Å²) >= 11 is 1.36. The Kier molecular flexibility index (Phi) is 4.93. The molecule has 0 aliphatic carbocycles. The van der Waals surface area contributed by atoms with Gasteiger partial charge >= 0.3 is 0 Å². The number of hydrogen-bond donors (Lipinski definition) is 1. The van der Waals surface area contributed by atoms with Crippen molar-refractivity contribution in [2.45, 2.75) is 6.04 Å². The number of furan rings is 1. The second kappa shape index (κ2) is 7.76. The summed E-state index contributed by atoms with van der Waals surface area (Å²) in [4.78, 5) is 21.0. The third kappa shape index (κ3) is 3.56. The van der Waals surface area contributed by atoms with Gasteiger partial charge in [0.1, 0.15) is 0 Å². The molecule has 10 nitrogen and oxygen atoms in total. The monoisotopic (exact) mass is 440 g/mol. The van der Waals surface area contributed by atoms with Gasteiger partial charge in [-0.2, -0.15) is 9.50 Å². The molecule has 0 bridgehead atoms. The SMILES string of the molecule is CN1CCN(C(c2ccc([N+](=O)[O-])cc2)c2sc3nc(-c4ccco4)nn3c2O)CC1. The molecule has 1 aliphatic rings. The van der Waals surface area contributed by atoms with Crippen molar-refractivity contribution in [2.24, 2.45) is 0 Å². The molecule has 11 heteroatoms. The van der Waals surface area contributed by atoms with Crippen LogP contribution >= 0.6 is 11.3 Å². The van der Waals surface area contributed by atoms with Crippen molar-refractivity contribution < 1.29 is 14.4 Å². The van der Waals surface area contributed by atoms with E-state index in [1.807, 2.05) is 0 Å². The van der Waals surface area contributed by atoms with E-state index in [1.165, 1.54) is 28.0 Å². The zero-order valence-corrected chi connectivity index (χ0v) is 17.5. The van der Waals surface area contributed by atoms with Crippen molar-refractivity contribution in [2.75, 3.05) is 33.2 Å². The maximum Gasteiger partial charge on any atom is 0.269 e. The number of likely N-dealkylation sites (N-methyl/N-ethyl adjacent to an activating group) is 1. The van der Waals surface area contributed by atoms with E-state index in [1.54, 1.807) is 30.5 Å². The van der Waals surface area contributed by atoms with E-state index >= 15 is 0 Å². The molecule has 4 aromatic rings. The number of rotatable bonds is 5. The molecular formula is C20H20N6O4S. The lowest BCUT2D eigenvalue weighted by atomic mass is 10.0. The number of nitrogens with zero attached hydrogens (tertiary/aromatic N) is 6. The van der Waals surface area contributed by atoms with E-state index in [9.17, 15) is 15.2 Å². The fourth-order valence-corrected chi connectivity index (χ4v) is 4.94. The second-order valence-electron chi connectivity index (χ2n) is 7.49. The van der Waals surface area contributed by atoms with Crippen molar-refractivity contribution >= 4 is 22.0 Å². The maximum atomic E-state index is 11.1. The molecule has 1 fully saturated rings. The molecule has 1 aromatic carbocycles. The van der Waals surface area contributed by atoms with Gasteiger partial charge in [-0.3, -0.25) is 15.0 Å². The predicted molar refractivity (Wildman–Crippen MR) is 114 cm³/mol. The molecule has 1 unspecified atom stereocenters. The molecule has 4 heterocycles. The third-order valence-corrected chi connectivity index (χ3v) is 6.58. The Morgan fingerprint density at radius 3 is 2.55 bits per heavy atom. The largest absolute Gasteiger partial charge is 0.492 e. The van der Waals surface area contributed by atoms with Crippen LogP contribution in [0.3, 0.4) is 0 Å². The summed E-state index contributed by atoms with van der Waals surface area (Å²) in [7, 11) is 2.08. The van der Waals surface area contributed by atoms with Gasteiger partial charge in [-0.25, -0.2) is 0 Å². The molecule has 0 saturated carbocycles. The highest BCUT2D eigenvalue weighted by molar-refractivity contribution is 7.17. The minimum atomic E-state index is -0.411. The second-order valence-corrected chi connectivity index (χ2v) is 8.50. The van der Waals surface area contributed by atoms with E-state index < -0.39 is 4.92 Å². The minimum absolute atomic E-state index is 0.0209. The fourth-order valence-electron chi connectivity index (χ4n) is 3.82. The number of nitro groups is 1. The van der Waals surface area contributed by atoms with Crippen LogP contribution in [-0.2, 0) is 0 Å². The number of piperazine rings is 1. The summed E-state index contributed by atoms with van der Waals surface area (Å²) in [5.74, 6) is 0.958. The molecule has 1 saturated heterocycles. The molecule has 1 atom stereocenters. The molecular weight excluding hydrogens is 420 g/mol. The van der Waals surface area contributed by atoms with Gasteiger partial charge in [-0.15, -0.1) is 5.10 Å². The highest BCUT2D eigenvalue weighted by Crippen LogP contribution is 2.41. The quantitative estimate of drug-likeness (QED) is 0.372. The Hall–Kier alpha value is -3.28. The van der Waals surface area contributed by atoms with Crippen molar-refractivity contribution in [1.82, 2.24) is 24.4 Å². The molecule has 1 N–H and O–H groups in total. The van der Waals surface area contributed by atoms with Crippen LogP contribution in [0, 0.1) is 10.1 Å². The molecule has 31 heavy (non-hydrogen) atoms. The average molecular weight is 440 g/mol. The zero-order valence-electron chi connectivity index (χ0n) is 16.7. The van der Waals surface area contributed by atoms with Gasteiger partial charge < -0.3 is 14.4 Å². The molecule has 3 aromatic heterocycles. The van der Waals surface area contributed by atoms with Crippen LogP contribution in [0.4, 0.5) is 5.69 Å². The van der Waals surface area contributed by atoms with E-state index in [0.29, 0.717) is 21.4 Å². The van der Waals surface area contributed by atoms with Gasteiger partial charge in [0.2, 0.25) is 16.7 Å². The first-order chi connectivity index (χ1) is 15.0. The number of aromatic hydroxyl groups is 1. The Balaban J connectivity index is 1.57. The standard InChI is InChI=1S/C20H20N6O4S/c1-23-8-10-24(11-9-23)16(13-4-6-14(7-5-13)26(28)29)17-19(27)25-20(31-17)21-18(22-25)15-3-2-12-30-15/h2-7,12,16,27H,8-11H2,1H3. The normalized spacial score (nSPS) is 16.7. The molecule has 0 amide bonds. The lowest BCUT2D eigenvalue weighted by Gasteiger charge is -2.37. The van der Waals surface area contributed by atoms with Crippen LogP contribution in [-0.4, -0.2) is 67.7 Å². The summed E-state index contributed by atoms with van der Waals surface area (Å²) in [5, 5.41) is 26.5. The highest BCUT2D eigenvalue weighted by Gasteiger charge is 2.31. The Labute approximate surface area is 181 Å². The molecule has 160 valence electrons. The van der Waals surface area contributed by atoms with Gasteiger partial charge in [0.05, 0.1) is 22.1 Å². The third-order valence-electron chi connectivity index (χ3n) is 5.51. The summed E-state index contributed by atoms with van der Waals surface area (Å²) in [6.45, 7) is 3.41. The molecule has 1 aliphatic heterocycles. The first-order valence-corrected chi connectivity index (χ1v) is 10.6. The Bertz CT molecular complexity index is 1210. The van der Waals surface area contributed by atoms with Crippen molar-refractivity contribution in [3.05, 3.63) is 63.2 Å². The summed E-state index contributed by atoms with van der Waals surface area (Å²) < 4.78 is 6.78. The van der Waals surface area contributed by atoms with Crippen molar-refractivity contribution in [1.29, 1.82) is 0 Å². The zero-order chi connectivity index (χ0) is 21.5. The van der Waals surface area contributed by atoms with E-state index in [2.05, 4.69) is 26.9 Å². The summed E-state index contributed by atoms with van der Waals surface area (Å²) in [5.41, 5.74) is 0.914. The summed E-state index contributed by atoms with van der Waals surface area (Å²) in [6, 6.07) is 9.78. The number of fused-ring (bicyclic) bond motifs is 1. The van der Waals surface area contributed by atoms with Gasteiger partial charge in [0.15, 0.2) is 5.76 Å². The van der Waals surface area contributed by atoms with Crippen LogP contribution in [0.5, 0.6) is 5.88 Å². The van der Waals surface area contributed by atoms with Crippen LogP contribution < -0.4 is 0 Å². The number of thiazole rings is 1. The Morgan fingerprint density at radius 1 is 1.19 bits per heavy atom. The number of aromatic nitrogens is 3. The van der Waals surface area contributed by atoms with Gasteiger partial charge in [-0.1, -0.05) is 23.5 Å². The minimum Gasteiger partial charge on any atom is -0.492 e. The number of non-ortho nitro benzene ring substituents is 1. The maximum absolute atomic E-state index is 11.1. The smallest absolute Gasteiger partial charge is 0.269 e. The fraction of sp³-hybridized carbons (Fsp3) is 0.300. The van der Waals surface area contributed by atoms with Gasteiger partial charge in [0.25, 0.3) is 5.69 Å². The highest BCUT2D eigenvalue weighted by atomic mass is 32.1. The van der Waals surface area contributed by atoms with Crippen LogP contribution in [0.1, 0.15) is 16.5 Å². The number of nitro benzene ring substituents is 1. The lowest BCUT2D eigenvalue weighted by Crippen LogP contribution is -2.46. The van der Waals surface area contributed by atoms with Crippen molar-refractivity contribution in [3.63, 3.8) is 0 Å².